The van der Waals surface area contributed by atoms with E-state index in [-0.39, 0.29) is 23.9 Å². The van der Waals surface area contributed by atoms with Crippen molar-refractivity contribution < 1.29 is 19.0 Å². The molecule has 7 heteroatoms. The van der Waals surface area contributed by atoms with Crippen LogP contribution in [0.15, 0.2) is 66.7 Å². The Morgan fingerprint density at radius 2 is 1.74 bits per heavy atom. The average molecular weight is 495 g/mol. The molecule has 5 rings (SSSR count). The van der Waals surface area contributed by atoms with Gasteiger partial charge in [0.1, 0.15) is 17.3 Å². The molecule has 0 saturated heterocycles. The van der Waals surface area contributed by atoms with Crippen LogP contribution in [0.2, 0.25) is 0 Å². The van der Waals surface area contributed by atoms with Gasteiger partial charge in [-0.15, -0.1) is 12.4 Å². The maximum Gasteiger partial charge on any atom is 0.353 e. The number of nitrogens with one attached hydrogen (secondary N) is 1. The number of carboxylic acids is 1. The van der Waals surface area contributed by atoms with E-state index in [9.17, 15) is 14.3 Å². The summed E-state index contributed by atoms with van der Waals surface area (Å²) in [5.74, 6) is -0.574. The molecule has 1 fully saturated rings. The summed E-state index contributed by atoms with van der Waals surface area (Å²) in [7, 11) is 0. The third kappa shape index (κ3) is 5.34. The van der Waals surface area contributed by atoms with Gasteiger partial charge < -0.3 is 19.7 Å². The van der Waals surface area contributed by atoms with E-state index >= 15 is 0 Å². The van der Waals surface area contributed by atoms with Crippen LogP contribution in [-0.4, -0.2) is 28.3 Å². The van der Waals surface area contributed by atoms with E-state index in [0.29, 0.717) is 24.8 Å². The standard InChI is InChI=1S/C28H27FN2O3.ClH/c1-2-34-23-12-6-20(7-13-23)26-24-15-19(16-30-22-10-11-22)5-14-25(24)31(27(26)28(32)33)17-18-3-8-21(29)9-4-18;/h3-9,12-15,22,30H,2,10-11,16-17H2,1H3,(H,32,33);1H. The summed E-state index contributed by atoms with van der Waals surface area (Å²) in [5.41, 5.74) is 4.49. The Bertz CT molecular complexity index is 1330. The largest absolute Gasteiger partial charge is 0.494 e. The Morgan fingerprint density at radius 1 is 1.06 bits per heavy atom. The summed E-state index contributed by atoms with van der Waals surface area (Å²) in [6.45, 7) is 3.56. The van der Waals surface area contributed by atoms with Crippen LogP contribution in [0.3, 0.4) is 0 Å². The first-order valence-corrected chi connectivity index (χ1v) is 11.6. The molecule has 0 bridgehead atoms. The van der Waals surface area contributed by atoms with Gasteiger partial charge in [0.05, 0.1) is 6.61 Å². The lowest BCUT2D eigenvalue weighted by molar-refractivity contribution is 0.0687. The lowest BCUT2D eigenvalue weighted by atomic mass is 10.00. The highest BCUT2D eigenvalue weighted by molar-refractivity contribution is 6.08. The number of ether oxygens (including phenoxy) is 1. The molecular formula is C28H28ClFN2O3. The molecule has 4 aromatic rings. The van der Waals surface area contributed by atoms with Gasteiger partial charge in [-0.1, -0.05) is 30.3 Å². The van der Waals surface area contributed by atoms with Crippen LogP contribution in [-0.2, 0) is 13.1 Å². The Morgan fingerprint density at radius 3 is 2.37 bits per heavy atom. The molecule has 0 radical (unpaired) electrons. The zero-order valence-electron chi connectivity index (χ0n) is 19.5. The van der Waals surface area contributed by atoms with Crippen LogP contribution in [0.25, 0.3) is 22.0 Å². The third-order valence-electron chi connectivity index (χ3n) is 6.21. The number of halogens is 2. The maximum atomic E-state index is 13.5. The molecule has 1 heterocycles. The number of carbonyl (C=O) groups is 1. The Labute approximate surface area is 209 Å². The molecule has 3 aromatic carbocycles. The molecule has 35 heavy (non-hydrogen) atoms. The molecule has 1 saturated carbocycles. The number of rotatable bonds is 9. The second kappa shape index (κ2) is 10.5. The Hall–Kier alpha value is -3.35. The van der Waals surface area contributed by atoms with Gasteiger partial charge in [-0.25, -0.2) is 9.18 Å². The minimum atomic E-state index is -1.00. The molecule has 1 aliphatic rings. The van der Waals surface area contributed by atoms with Gasteiger partial charge in [0, 0.05) is 35.6 Å². The number of carboxylic acid groups (broad SMARTS) is 1. The van der Waals surface area contributed by atoms with Gasteiger partial charge in [-0.05, 0) is 72.9 Å². The van der Waals surface area contributed by atoms with Crippen molar-refractivity contribution in [1.29, 1.82) is 0 Å². The molecule has 182 valence electrons. The van der Waals surface area contributed by atoms with E-state index in [4.69, 9.17) is 4.74 Å². The smallest absolute Gasteiger partial charge is 0.353 e. The summed E-state index contributed by atoms with van der Waals surface area (Å²) in [6.07, 6.45) is 2.41. The summed E-state index contributed by atoms with van der Waals surface area (Å²) < 4.78 is 20.8. The second-order valence-electron chi connectivity index (χ2n) is 8.71. The fourth-order valence-corrected chi connectivity index (χ4v) is 4.40. The number of fused-ring (bicyclic) bond motifs is 1. The minimum Gasteiger partial charge on any atom is -0.494 e. The van der Waals surface area contributed by atoms with Crippen molar-refractivity contribution in [2.45, 2.75) is 38.9 Å². The van der Waals surface area contributed by atoms with Crippen LogP contribution < -0.4 is 10.1 Å². The predicted octanol–water partition coefficient (Wildman–Crippen LogP) is 6.27. The number of benzene rings is 3. The molecule has 1 aromatic heterocycles. The summed E-state index contributed by atoms with van der Waals surface area (Å²) in [4.78, 5) is 12.6. The highest BCUT2D eigenvalue weighted by Crippen LogP contribution is 2.37. The highest BCUT2D eigenvalue weighted by atomic mass is 35.5. The predicted molar refractivity (Wildman–Crippen MR) is 138 cm³/mol. The van der Waals surface area contributed by atoms with Crippen LogP contribution in [0, 0.1) is 5.82 Å². The van der Waals surface area contributed by atoms with E-state index in [0.717, 1.165) is 39.9 Å². The normalized spacial score (nSPS) is 13.0. The van der Waals surface area contributed by atoms with Crippen molar-refractivity contribution in [3.8, 4) is 16.9 Å². The van der Waals surface area contributed by atoms with Gasteiger partial charge in [0.25, 0.3) is 0 Å². The van der Waals surface area contributed by atoms with E-state index in [1.807, 2.05) is 47.9 Å². The maximum absolute atomic E-state index is 13.5. The minimum absolute atomic E-state index is 0. The molecule has 5 nitrogen and oxygen atoms in total. The number of nitrogens with zero attached hydrogens (tertiary/aromatic N) is 1. The van der Waals surface area contributed by atoms with Crippen LogP contribution in [0.5, 0.6) is 5.75 Å². The second-order valence-corrected chi connectivity index (χ2v) is 8.71. The number of hydrogen-bond donors (Lipinski definition) is 2. The molecule has 0 spiro atoms. The fourth-order valence-electron chi connectivity index (χ4n) is 4.40. The number of hydrogen-bond acceptors (Lipinski definition) is 3. The van der Waals surface area contributed by atoms with E-state index in [1.54, 1.807) is 12.1 Å². The lowest BCUT2D eigenvalue weighted by Crippen LogP contribution is -2.15. The summed E-state index contributed by atoms with van der Waals surface area (Å²) in [5, 5.41) is 14.7. The SMILES string of the molecule is CCOc1ccc(-c2c(C(=O)O)n(Cc3ccc(F)cc3)c3ccc(CNC4CC4)cc23)cc1.Cl. The topological polar surface area (TPSA) is 63.5 Å². The monoisotopic (exact) mass is 494 g/mol. The van der Waals surface area contributed by atoms with Gasteiger partial charge in [0.15, 0.2) is 0 Å². The van der Waals surface area contributed by atoms with Crippen LogP contribution in [0.4, 0.5) is 4.39 Å². The molecule has 0 aliphatic heterocycles. The molecular weight excluding hydrogens is 467 g/mol. The van der Waals surface area contributed by atoms with Gasteiger partial charge in [-0.3, -0.25) is 0 Å². The van der Waals surface area contributed by atoms with E-state index in [2.05, 4.69) is 11.4 Å². The van der Waals surface area contributed by atoms with Crippen molar-refractivity contribution in [3.63, 3.8) is 0 Å². The zero-order chi connectivity index (χ0) is 23.7. The first-order chi connectivity index (χ1) is 16.5. The zero-order valence-corrected chi connectivity index (χ0v) is 20.3. The molecule has 2 N–H and O–H groups in total. The Kier molecular flexibility index (Phi) is 7.43. The van der Waals surface area contributed by atoms with Crippen molar-refractivity contribution >= 4 is 29.3 Å². The van der Waals surface area contributed by atoms with Crippen molar-refractivity contribution in [3.05, 3.63) is 89.4 Å². The van der Waals surface area contributed by atoms with Crippen molar-refractivity contribution in [2.75, 3.05) is 6.61 Å². The van der Waals surface area contributed by atoms with Crippen molar-refractivity contribution in [1.82, 2.24) is 9.88 Å². The quantitative estimate of drug-likeness (QED) is 0.288. The first-order valence-electron chi connectivity index (χ1n) is 11.6. The molecule has 0 atom stereocenters. The summed E-state index contributed by atoms with van der Waals surface area (Å²) in [6, 6.07) is 20.4. The average Bonchev–Trinajstić information content (AvgIpc) is 3.61. The van der Waals surface area contributed by atoms with Crippen LogP contribution in [0.1, 0.15) is 41.4 Å². The Balaban J connectivity index is 0.00000289. The number of aromatic nitrogens is 1. The highest BCUT2D eigenvalue weighted by Gasteiger charge is 2.25. The van der Waals surface area contributed by atoms with Crippen LogP contribution >= 0.6 is 12.4 Å². The summed E-state index contributed by atoms with van der Waals surface area (Å²) >= 11 is 0. The first kappa shape index (κ1) is 24.8. The lowest BCUT2D eigenvalue weighted by Gasteiger charge is -2.10. The van der Waals surface area contributed by atoms with E-state index in [1.165, 1.54) is 25.0 Å². The van der Waals surface area contributed by atoms with Crippen molar-refractivity contribution in [2.24, 2.45) is 0 Å². The third-order valence-corrected chi connectivity index (χ3v) is 6.21. The van der Waals surface area contributed by atoms with E-state index < -0.39 is 5.97 Å². The molecule has 1 aliphatic carbocycles. The van der Waals surface area contributed by atoms with Gasteiger partial charge in [0.2, 0.25) is 0 Å². The fraction of sp³-hybridized carbons (Fsp3) is 0.250. The van der Waals surface area contributed by atoms with Gasteiger partial charge >= 0.3 is 5.97 Å². The molecule has 0 unspecified atom stereocenters. The van der Waals surface area contributed by atoms with Gasteiger partial charge in [-0.2, -0.15) is 0 Å². The molecule has 0 amide bonds. The number of aromatic carboxylic acids is 1.